The van der Waals surface area contributed by atoms with Crippen LogP contribution in [0.3, 0.4) is 0 Å². The van der Waals surface area contributed by atoms with E-state index in [4.69, 9.17) is 9.47 Å². The molecule has 0 unspecified atom stereocenters. The van der Waals surface area contributed by atoms with Crippen LogP contribution < -0.4 is 5.32 Å². The number of benzene rings is 1. The quantitative estimate of drug-likeness (QED) is 0.814. The Bertz CT molecular complexity index is 898. The van der Waals surface area contributed by atoms with Gasteiger partial charge in [0.25, 0.3) is 5.91 Å². The highest BCUT2D eigenvalue weighted by molar-refractivity contribution is 5.94. The van der Waals surface area contributed by atoms with E-state index >= 15 is 0 Å². The topological polar surface area (TPSA) is 78.3 Å². The summed E-state index contributed by atoms with van der Waals surface area (Å²) in [5, 5.41) is 11.6. The van der Waals surface area contributed by atoms with Crippen LogP contribution in [0.1, 0.15) is 54.2 Å². The lowest BCUT2D eigenvalue weighted by Gasteiger charge is -2.20. The highest BCUT2D eigenvalue weighted by Gasteiger charge is 2.49. The Balaban J connectivity index is 1.21. The summed E-state index contributed by atoms with van der Waals surface area (Å²) in [7, 11) is 0. The van der Waals surface area contributed by atoms with Crippen LogP contribution in [0.15, 0.2) is 30.5 Å². The Labute approximate surface area is 174 Å². The van der Waals surface area contributed by atoms with Gasteiger partial charge in [-0.3, -0.25) is 4.79 Å². The van der Waals surface area contributed by atoms with Crippen molar-refractivity contribution in [3.05, 3.63) is 47.5 Å². The molecule has 1 aromatic carbocycles. The number of hydrogen-bond acceptors (Lipinski definition) is 5. The summed E-state index contributed by atoms with van der Waals surface area (Å²) in [4.78, 5) is 12.5. The van der Waals surface area contributed by atoms with Gasteiger partial charge in [-0.2, -0.15) is 0 Å². The molecule has 30 heavy (non-hydrogen) atoms. The average Bonchev–Trinajstić information content (AvgIpc) is 3.47. The first-order chi connectivity index (χ1) is 14.7. The molecule has 1 aliphatic carbocycles. The molecule has 1 saturated carbocycles. The van der Waals surface area contributed by atoms with Gasteiger partial charge < -0.3 is 14.8 Å². The maximum atomic E-state index is 13.9. The van der Waals surface area contributed by atoms with Crippen LogP contribution in [0.4, 0.5) is 4.39 Å². The summed E-state index contributed by atoms with van der Waals surface area (Å²) in [6.07, 6.45) is 9.02. The van der Waals surface area contributed by atoms with Gasteiger partial charge in [0.05, 0.1) is 30.5 Å². The Hall–Kier alpha value is -2.32. The maximum absolute atomic E-state index is 13.9. The van der Waals surface area contributed by atoms with Crippen molar-refractivity contribution >= 4 is 5.91 Å². The largest absolute Gasteiger partial charge is 0.371 e. The smallest absolute Gasteiger partial charge is 0.254 e. The van der Waals surface area contributed by atoms with Gasteiger partial charge in [-0.1, -0.05) is 49.5 Å². The standard InChI is InChI=1S/C22H27FN4O3/c23-17-9-5-4-8-16(17)22(28)24-18-12-29-21-19(13-30-20(18)21)27-11-15(25-26-27)10-14-6-2-1-3-7-14/h4-5,8-9,11,14,18-21H,1-3,6-7,10,12-13H2,(H,24,28)/t18-,19-,20+,21+/m0/s1. The number of rotatable bonds is 5. The zero-order valence-corrected chi connectivity index (χ0v) is 16.9. The molecule has 4 atom stereocenters. The minimum absolute atomic E-state index is 0.0270. The second kappa shape index (κ2) is 8.43. The van der Waals surface area contributed by atoms with Crippen LogP contribution in [0.5, 0.6) is 0 Å². The third-order valence-electron chi connectivity index (χ3n) is 6.58. The minimum Gasteiger partial charge on any atom is -0.371 e. The molecular formula is C22H27FN4O3. The van der Waals surface area contributed by atoms with E-state index in [1.54, 1.807) is 12.1 Å². The van der Waals surface area contributed by atoms with Crippen LogP contribution in [0.25, 0.3) is 0 Å². The molecule has 0 radical (unpaired) electrons. The van der Waals surface area contributed by atoms with E-state index in [0.29, 0.717) is 19.1 Å². The summed E-state index contributed by atoms with van der Waals surface area (Å²) >= 11 is 0. The van der Waals surface area contributed by atoms with E-state index in [1.165, 1.54) is 44.2 Å². The van der Waals surface area contributed by atoms with Gasteiger partial charge in [-0.05, 0) is 24.5 Å². The number of nitrogens with one attached hydrogen (secondary N) is 1. The maximum Gasteiger partial charge on any atom is 0.254 e. The number of carbonyl (C=O) groups is 1. The SMILES string of the molecule is O=C(N[C@H]1CO[C@H]2[C@@H]1OC[C@@H]2n1cc(CC2CCCCC2)nn1)c1ccccc1F. The molecule has 0 spiro atoms. The zero-order valence-electron chi connectivity index (χ0n) is 16.9. The van der Waals surface area contributed by atoms with Gasteiger partial charge in [0.2, 0.25) is 0 Å². The molecule has 8 heteroatoms. The fourth-order valence-corrected chi connectivity index (χ4v) is 4.98. The summed E-state index contributed by atoms with van der Waals surface area (Å²) in [6.45, 7) is 0.781. The number of halogens is 1. The highest BCUT2D eigenvalue weighted by Crippen LogP contribution is 2.34. The normalized spacial score (nSPS) is 29.1. The van der Waals surface area contributed by atoms with E-state index < -0.39 is 11.7 Å². The van der Waals surface area contributed by atoms with E-state index in [9.17, 15) is 9.18 Å². The molecule has 2 aliphatic heterocycles. The number of ether oxygens (including phenoxy) is 2. The molecule has 1 amide bonds. The first-order valence-corrected chi connectivity index (χ1v) is 10.9. The number of amides is 1. The molecule has 5 rings (SSSR count). The van der Waals surface area contributed by atoms with Crippen molar-refractivity contribution in [3.8, 4) is 0 Å². The Morgan fingerprint density at radius 3 is 2.77 bits per heavy atom. The van der Waals surface area contributed by atoms with Crippen molar-refractivity contribution in [2.45, 2.75) is 62.8 Å². The third kappa shape index (κ3) is 3.86. The molecule has 160 valence electrons. The highest BCUT2D eigenvalue weighted by atomic mass is 19.1. The zero-order chi connectivity index (χ0) is 20.5. The second-order valence-electron chi connectivity index (χ2n) is 8.62. The Morgan fingerprint density at radius 2 is 1.93 bits per heavy atom. The second-order valence-corrected chi connectivity index (χ2v) is 8.62. The number of hydrogen-bond donors (Lipinski definition) is 1. The van der Waals surface area contributed by atoms with Crippen molar-refractivity contribution in [1.82, 2.24) is 20.3 Å². The monoisotopic (exact) mass is 414 g/mol. The van der Waals surface area contributed by atoms with Gasteiger partial charge in [0.15, 0.2) is 0 Å². The number of nitrogens with zero attached hydrogens (tertiary/aromatic N) is 3. The number of aromatic nitrogens is 3. The average molecular weight is 414 g/mol. The minimum atomic E-state index is -0.538. The van der Waals surface area contributed by atoms with Crippen LogP contribution in [0, 0.1) is 11.7 Å². The molecule has 2 saturated heterocycles. The van der Waals surface area contributed by atoms with Gasteiger partial charge in [-0.15, -0.1) is 5.10 Å². The van der Waals surface area contributed by atoms with Gasteiger partial charge in [0, 0.05) is 6.20 Å². The molecule has 3 heterocycles. The van der Waals surface area contributed by atoms with Crippen molar-refractivity contribution in [2.24, 2.45) is 5.92 Å². The number of fused-ring (bicyclic) bond motifs is 1. The molecule has 3 aliphatic rings. The van der Waals surface area contributed by atoms with Crippen molar-refractivity contribution in [2.75, 3.05) is 13.2 Å². The fraction of sp³-hybridized carbons (Fsp3) is 0.591. The van der Waals surface area contributed by atoms with Gasteiger partial charge in [0.1, 0.15) is 24.1 Å². The molecule has 7 nitrogen and oxygen atoms in total. The Kier molecular flexibility index (Phi) is 5.52. The summed E-state index contributed by atoms with van der Waals surface area (Å²) in [5.74, 6) is -0.286. The van der Waals surface area contributed by atoms with E-state index in [2.05, 4.69) is 15.6 Å². The van der Waals surface area contributed by atoms with Gasteiger partial charge >= 0.3 is 0 Å². The van der Waals surface area contributed by atoms with Gasteiger partial charge in [-0.25, -0.2) is 9.07 Å². The van der Waals surface area contributed by atoms with E-state index in [-0.39, 0.29) is 29.9 Å². The molecule has 0 bridgehead atoms. The molecule has 2 aromatic rings. The summed E-state index contributed by atoms with van der Waals surface area (Å²) in [5.41, 5.74) is 1.05. The molecule has 1 aromatic heterocycles. The summed E-state index contributed by atoms with van der Waals surface area (Å²) in [6, 6.07) is 5.56. The summed E-state index contributed by atoms with van der Waals surface area (Å²) < 4.78 is 27.7. The lowest BCUT2D eigenvalue weighted by Crippen LogP contribution is -2.44. The van der Waals surface area contributed by atoms with Crippen LogP contribution in [-0.4, -0.2) is 52.4 Å². The lowest BCUT2D eigenvalue weighted by molar-refractivity contribution is 0.0613. The molecular weight excluding hydrogens is 387 g/mol. The molecule has 1 N–H and O–H groups in total. The third-order valence-corrected chi connectivity index (χ3v) is 6.58. The Morgan fingerprint density at radius 1 is 1.13 bits per heavy atom. The molecule has 3 fully saturated rings. The number of carbonyl (C=O) groups excluding carboxylic acids is 1. The fourth-order valence-electron chi connectivity index (χ4n) is 4.98. The lowest BCUT2D eigenvalue weighted by atomic mass is 9.86. The van der Waals surface area contributed by atoms with Crippen molar-refractivity contribution in [3.63, 3.8) is 0 Å². The van der Waals surface area contributed by atoms with E-state index in [0.717, 1.165) is 12.1 Å². The first kappa shape index (κ1) is 19.6. The van der Waals surface area contributed by atoms with E-state index in [1.807, 2.05) is 10.9 Å². The van der Waals surface area contributed by atoms with Crippen LogP contribution in [-0.2, 0) is 15.9 Å². The predicted molar refractivity (Wildman–Crippen MR) is 106 cm³/mol. The van der Waals surface area contributed by atoms with Crippen molar-refractivity contribution in [1.29, 1.82) is 0 Å². The van der Waals surface area contributed by atoms with Crippen LogP contribution in [0.2, 0.25) is 0 Å². The van der Waals surface area contributed by atoms with Crippen molar-refractivity contribution < 1.29 is 18.7 Å². The first-order valence-electron chi connectivity index (χ1n) is 10.9. The van der Waals surface area contributed by atoms with Crippen LogP contribution >= 0.6 is 0 Å². The predicted octanol–water partition coefficient (Wildman–Crippen LogP) is 2.68.